The van der Waals surface area contributed by atoms with Crippen LogP contribution >= 0.6 is 0 Å². The zero-order valence-corrected chi connectivity index (χ0v) is 33.9. The smallest absolute Gasteiger partial charge is 0.242 e. The Bertz CT molecular complexity index is 2800. The van der Waals surface area contributed by atoms with Gasteiger partial charge in [0.2, 0.25) is 35.3 Å². The van der Waals surface area contributed by atoms with E-state index in [2.05, 4.69) is 30.6 Å². The van der Waals surface area contributed by atoms with Gasteiger partial charge in [-0.25, -0.2) is 0 Å². The monoisotopic (exact) mass is 828 g/mol. The van der Waals surface area contributed by atoms with Gasteiger partial charge < -0.3 is 28.4 Å². The van der Waals surface area contributed by atoms with Gasteiger partial charge in [-0.15, -0.1) is 30.6 Å². The first-order valence-electron chi connectivity index (χ1n) is 21.5. The molecule has 4 aliphatic rings. The summed E-state index contributed by atoms with van der Waals surface area (Å²) in [6.07, 6.45) is 7.57. The molecule has 0 amide bonds. The van der Waals surface area contributed by atoms with Crippen molar-refractivity contribution in [3.05, 3.63) is 143 Å². The number of nitrogens with zero attached hydrogens (tertiary/aromatic N) is 6. The number of rotatable bonds is 0. The zero-order valence-electron chi connectivity index (χ0n) is 33.9. The van der Waals surface area contributed by atoms with Gasteiger partial charge >= 0.3 is 0 Å². The van der Waals surface area contributed by atoms with Crippen LogP contribution in [0.2, 0.25) is 0 Å². The average Bonchev–Trinajstić information content (AvgIpc) is 4.13. The highest BCUT2D eigenvalue weighted by Gasteiger charge is 2.29. The number of hydrogen-bond acceptors (Lipinski definition) is 12. The van der Waals surface area contributed by atoms with Crippen LogP contribution in [0.25, 0.3) is 32.3 Å². The Labute approximate surface area is 360 Å². The van der Waals surface area contributed by atoms with Crippen molar-refractivity contribution in [2.24, 2.45) is 0 Å². The van der Waals surface area contributed by atoms with Crippen LogP contribution in [-0.2, 0) is 38.5 Å². The van der Waals surface area contributed by atoms with E-state index in [0.29, 0.717) is 69.8 Å². The molecule has 3 aliphatic carbocycles. The Balaban J connectivity index is 0.959. The van der Waals surface area contributed by atoms with Gasteiger partial charge in [0, 0.05) is 65.7 Å². The highest BCUT2D eigenvalue weighted by molar-refractivity contribution is 5.95. The molecule has 6 aromatic carbocycles. The van der Waals surface area contributed by atoms with Crippen molar-refractivity contribution in [2.45, 2.75) is 57.8 Å². The molecule has 9 aromatic rings. The highest BCUT2D eigenvalue weighted by Crippen LogP contribution is 2.46. The third kappa shape index (κ3) is 5.96. The fourth-order valence-corrected chi connectivity index (χ4v) is 9.69. The molecule has 13 rings (SSSR count). The van der Waals surface area contributed by atoms with Crippen molar-refractivity contribution in [3.63, 3.8) is 0 Å². The maximum atomic E-state index is 6.64. The van der Waals surface area contributed by atoms with E-state index in [0.717, 1.165) is 123 Å². The molecule has 1 aliphatic heterocycles. The van der Waals surface area contributed by atoms with Crippen LogP contribution in [-0.4, -0.2) is 30.6 Å². The fraction of sp³-hybridized carbons (Fsp3) is 0.176. The van der Waals surface area contributed by atoms with Crippen LogP contribution < -0.4 is 28.4 Å². The minimum absolute atomic E-state index is 0.466. The van der Waals surface area contributed by atoms with Gasteiger partial charge in [-0.1, -0.05) is 72.8 Å². The molecule has 0 saturated heterocycles. The second-order valence-corrected chi connectivity index (χ2v) is 16.3. The SMILES string of the molecule is c1cc2c3cccc(c3c1)Oc1nnc(c3c1CCC3)Oc1cccc3c(cccc13)Oc1nnc(c3c1CCC3)Oc1cccc3c(cccc13)Oc1nnc(c3c1CCC3)O2. The summed E-state index contributed by atoms with van der Waals surface area (Å²) in [4.78, 5) is 0. The molecule has 306 valence electrons. The van der Waals surface area contributed by atoms with E-state index in [9.17, 15) is 0 Å². The summed E-state index contributed by atoms with van der Waals surface area (Å²) < 4.78 is 39.9. The van der Waals surface area contributed by atoms with E-state index < -0.39 is 0 Å². The fourth-order valence-electron chi connectivity index (χ4n) is 9.69. The first-order valence-corrected chi connectivity index (χ1v) is 21.5. The second kappa shape index (κ2) is 14.4. The molecule has 0 N–H and O–H groups in total. The van der Waals surface area contributed by atoms with E-state index in [1.807, 2.05) is 109 Å². The molecule has 0 spiro atoms. The summed E-state index contributed by atoms with van der Waals surface area (Å²) in [6, 6.07) is 35.5. The third-order valence-corrected chi connectivity index (χ3v) is 12.7. The minimum atomic E-state index is 0.466. The van der Waals surface area contributed by atoms with Crippen molar-refractivity contribution >= 4 is 32.3 Å². The first-order chi connectivity index (χ1) is 31.2. The summed E-state index contributed by atoms with van der Waals surface area (Å²) in [5, 5.41) is 33.0. The molecule has 0 unspecified atom stereocenters. The largest absolute Gasteiger partial charge is 0.437 e. The molecule has 18 bridgehead atoms. The van der Waals surface area contributed by atoms with Crippen LogP contribution in [0.15, 0.2) is 109 Å². The minimum Gasteiger partial charge on any atom is -0.437 e. The summed E-state index contributed by atoms with van der Waals surface area (Å²) >= 11 is 0. The van der Waals surface area contributed by atoms with E-state index in [-0.39, 0.29) is 0 Å². The van der Waals surface area contributed by atoms with Crippen LogP contribution in [0.3, 0.4) is 0 Å². The molecule has 3 aromatic heterocycles. The Morgan fingerprint density at radius 1 is 0.238 bits per heavy atom. The molecule has 63 heavy (non-hydrogen) atoms. The van der Waals surface area contributed by atoms with Crippen LogP contribution in [0.1, 0.15) is 52.6 Å². The van der Waals surface area contributed by atoms with Gasteiger partial charge in [-0.05, 0) is 94.2 Å². The number of hydrogen-bond donors (Lipinski definition) is 0. The lowest BCUT2D eigenvalue weighted by Gasteiger charge is -2.17. The lowest BCUT2D eigenvalue weighted by atomic mass is 10.1. The summed E-state index contributed by atoms with van der Waals surface area (Å²) in [5.41, 5.74) is 5.94. The highest BCUT2D eigenvalue weighted by atomic mass is 16.5. The molecule has 12 heteroatoms. The van der Waals surface area contributed by atoms with Gasteiger partial charge in [0.1, 0.15) is 34.5 Å². The quantitative estimate of drug-likeness (QED) is 0.144. The second-order valence-electron chi connectivity index (χ2n) is 16.3. The Hall–Kier alpha value is -7.86. The molecule has 12 nitrogen and oxygen atoms in total. The van der Waals surface area contributed by atoms with Gasteiger partial charge in [-0.2, -0.15) is 0 Å². The van der Waals surface area contributed by atoms with E-state index >= 15 is 0 Å². The summed E-state index contributed by atoms with van der Waals surface area (Å²) in [7, 11) is 0. The van der Waals surface area contributed by atoms with Crippen molar-refractivity contribution in [1.29, 1.82) is 0 Å². The lowest BCUT2D eigenvalue weighted by Crippen LogP contribution is -2.03. The maximum Gasteiger partial charge on any atom is 0.242 e. The van der Waals surface area contributed by atoms with Crippen molar-refractivity contribution < 1.29 is 28.4 Å². The van der Waals surface area contributed by atoms with E-state index in [1.54, 1.807) is 0 Å². The van der Waals surface area contributed by atoms with Gasteiger partial charge in [0.25, 0.3) is 0 Å². The first kappa shape index (κ1) is 35.9. The molecular weight excluding hydrogens is 793 g/mol. The molecule has 0 saturated carbocycles. The molecule has 0 radical (unpaired) electrons. The Morgan fingerprint density at radius 2 is 0.413 bits per heavy atom. The number of fused-ring (bicyclic) bond motifs is 18. The van der Waals surface area contributed by atoms with Crippen molar-refractivity contribution in [2.75, 3.05) is 0 Å². The van der Waals surface area contributed by atoms with Crippen molar-refractivity contribution in [3.8, 4) is 69.8 Å². The Kier molecular flexibility index (Phi) is 8.18. The number of aromatic nitrogens is 6. The van der Waals surface area contributed by atoms with Crippen molar-refractivity contribution in [1.82, 2.24) is 30.6 Å². The lowest BCUT2D eigenvalue weighted by molar-refractivity contribution is 0.420. The van der Waals surface area contributed by atoms with Crippen LogP contribution in [0, 0.1) is 0 Å². The average molecular weight is 829 g/mol. The predicted molar refractivity (Wildman–Crippen MR) is 234 cm³/mol. The molecule has 4 heterocycles. The van der Waals surface area contributed by atoms with Gasteiger partial charge in [-0.3, -0.25) is 0 Å². The number of ether oxygens (including phenoxy) is 6. The Morgan fingerprint density at radius 3 is 0.587 bits per heavy atom. The standard InChI is InChI=1S/C51H36N6O6/c1-16-34-35(17-1)47-53-52-46(34)58-40-22-4-12-30-28(40)10-6-24-42(30)60-48-36-18-2-20-38(36)50(56-54-48)62-44-26-8-15-33-32(44)14-9-27-45(33)63-51-39-21-3-19-37(39)49(55-57-51)61-43-25-7-11-29-31(43)13-5-23-41(29)59-47/h4-15,22-27H,1-3,16-21H2. The van der Waals surface area contributed by atoms with Crippen LogP contribution in [0.4, 0.5) is 0 Å². The number of benzene rings is 6. The molecular formula is C51H36N6O6. The summed E-state index contributed by atoms with van der Waals surface area (Å²) in [5.74, 6) is 6.66. The van der Waals surface area contributed by atoms with Gasteiger partial charge in [0.05, 0.1) is 0 Å². The third-order valence-electron chi connectivity index (χ3n) is 12.7. The van der Waals surface area contributed by atoms with E-state index in [4.69, 9.17) is 28.4 Å². The van der Waals surface area contributed by atoms with Crippen LogP contribution in [0.5, 0.6) is 69.8 Å². The van der Waals surface area contributed by atoms with E-state index in [1.165, 1.54) is 0 Å². The van der Waals surface area contributed by atoms with Gasteiger partial charge in [0.15, 0.2) is 0 Å². The normalized spacial score (nSPS) is 14.9. The molecule has 0 fully saturated rings. The molecule has 0 atom stereocenters. The predicted octanol–water partition coefficient (Wildman–Crippen LogP) is 12.0. The maximum absolute atomic E-state index is 6.64. The topological polar surface area (TPSA) is 133 Å². The zero-order chi connectivity index (χ0) is 41.4. The summed E-state index contributed by atoms with van der Waals surface area (Å²) in [6.45, 7) is 0.